The molecule has 1 aliphatic carbocycles. The standard InChI is InChI=1S/C24H35N3O4/c1-16-8-7-11-21(17(16)2)26-22(28)18(3)31-23(29)19-12-14-27(15-13-19)24(30)25-20-9-5-4-6-10-20/h4-6,9-10,16-19,21H,7-8,11-15H2,1-3H3,(H,25,30)(H,26,28)/t16-,17+,18+,21-/m0/s1. The van der Waals surface area contributed by atoms with Gasteiger partial charge < -0.3 is 20.3 Å². The third kappa shape index (κ3) is 6.21. The Balaban J connectivity index is 1.41. The van der Waals surface area contributed by atoms with E-state index >= 15 is 0 Å². The van der Waals surface area contributed by atoms with Crippen LogP contribution in [0, 0.1) is 17.8 Å². The number of anilines is 1. The number of esters is 1. The van der Waals surface area contributed by atoms with E-state index in [0.717, 1.165) is 18.5 Å². The molecule has 1 aromatic rings. The Hall–Kier alpha value is -2.57. The largest absolute Gasteiger partial charge is 0.452 e. The molecule has 1 aliphatic heterocycles. The molecule has 2 fully saturated rings. The monoisotopic (exact) mass is 429 g/mol. The molecule has 4 atom stereocenters. The Bertz CT molecular complexity index is 761. The van der Waals surface area contributed by atoms with Crippen LogP contribution in [0.3, 0.4) is 0 Å². The molecule has 0 unspecified atom stereocenters. The lowest BCUT2D eigenvalue weighted by molar-refractivity contribution is -0.160. The van der Waals surface area contributed by atoms with Crippen LogP contribution in [0.2, 0.25) is 0 Å². The Kier molecular flexibility index (Phi) is 7.93. The van der Waals surface area contributed by atoms with Crippen LogP contribution in [0.1, 0.15) is 52.9 Å². The van der Waals surface area contributed by atoms with E-state index in [1.54, 1.807) is 11.8 Å². The van der Waals surface area contributed by atoms with Crippen molar-refractivity contribution in [2.75, 3.05) is 18.4 Å². The number of para-hydroxylation sites is 1. The second-order valence-electron chi connectivity index (χ2n) is 9.02. The Morgan fingerprint density at radius 1 is 1.03 bits per heavy atom. The molecular formula is C24H35N3O4. The molecule has 0 aromatic heterocycles. The van der Waals surface area contributed by atoms with E-state index in [1.165, 1.54) is 6.42 Å². The number of urea groups is 1. The van der Waals surface area contributed by atoms with Gasteiger partial charge in [0.2, 0.25) is 0 Å². The number of hydrogen-bond acceptors (Lipinski definition) is 4. The fraction of sp³-hybridized carbons (Fsp3) is 0.625. The molecular weight excluding hydrogens is 394 g/mol. The number of ether oxygens (including phenoxy) is 1. The molecule has 1 aromatic carbocycles. The summed E-state index contributed by atoms with van der Waals surface area (Å²) in [6.07, 6.45) is 3.54. The van der Waals surface area contributed by atoms with E-state index in [4.69, 9.17) is 4.74 Å². The van der Waals surface area contributed by atoms with Gasteiger partial charge in [0.25, 0.3) is 5.91 Å². The fourth-order valence-corrected chi connectivity index (χ4v) is 4.45. The number of benzene rings is 1. The summed E-state index contributed by atoms with van der Waals surface area (Å²) < 4.78 is 5.48. The molecule has 3 amide bonds. The number of nitrogens with zero attached hydrogens (tertiary/aromatic N) is 1. The minimum Gasteiger partial charge on any atom is -0.452 e. The third-order valence-electron chi connectivity index (χ3n) is 6.84. The average Bonchev–Trinajstić information content (AvgIpc) is 2.77. The summed E-state index contributed by atoms with van der Waals surface area (Å²) in [5, 5.41) is 5.94. The van der Waals surface area contributed by atoms with E-state index in [2.05, 4.69) is 24.5 Å². The van der Waals surface area contributed by atoms with Gasteiger partial charge in [0, 0.05) is 24.8 Å². The third-order valence-corrected chi connectivity index (χ3v) is 6.84. The summed E-state index contributed by atoms with van der Waals surface area (Å²) in [5.74, 6) is 0.146. The predicted octanol–water partition coefficient (Wildman–Crippen LogP) is 3.80. The number of carbonyl (C=O) groups excluding carboxylic acids is 3. The van der Waals surface area contributed by atoms with Gasteiger partial charge in [0.15, 0.2) is 6.10 Å². The highest BCUT2D eigenvalue weighted by Gasteiger charge is 2.33. The first-order valence-corrected chi connectivity index (χ1v) is 11.5. The maximum Gasteiger partial charge on any atom is 0.321 e. The molecule has 7 nitrogen and oxygen atoms in total. The number of likely N-dealkylation sites (tertiary alicyclic amines) is 1. The van der Waals surface area contributed by atoms with Gasteiger partial charge >= 0.3 is 12.0 Å². The average molecular weight is 430 g/mol. The number of carbonyl (C=O) groups is 3. The number of piperidine rings is 1. The summed E-state index contributed by atoms with van der Waals surface area (Å²) in [6, 6.07) is 9.27. The quantitative estimate of drug-likeness (QED) is 0.697. The second kappa shape index (κ2) is 10.6. The Morgan fingerprint density at radius 3 is 2.39 bits per heavy atom. The first-order chi connectivity index (χ1) is 14.8. The number of rotatable bonds is 5. The SMILES string of the molecule is C[C@H]1[C@@H](NC(=O)[C@@H](C)OC(=O)C2CCN(C(=O)Nc3ccccc3)CC2)CCC[C@@H]1C. The number of hydrogen-bond donors (Lipinski definition) is 2. The van der Waals surface area contributed by atoms with Crippen molar-refractivity contribution < 1.29 is 19.1 Å². The van der Waals surface area contributed by atoms with E-state index in [-0.39, 0.29) is 29.9 Å². The van der Waals surface area contributed by atoms with Crippen molar-refractivity contribution in [2.24, 2.45) is 17.8 Å². The molecule has 0 bridgehead atoms. The summed E-state index contributed by atoms with van der Waals surface area (Å²) >= 11 is 0. The van der Waals surface area contributed by atoms with Crippen molar-refractivity contribution in [3.05, 3.63) is 30.3 Å². The van der Waals surface area contributed by atoms with Crippen molar-refractivity contribution in [3.8, 4) is 0 Å². The van der Waals surface area contributed by atoms with Crippen molar-refractivity contribution in [3.63, 3.8) is 0 Å². The lowest BCUT2D eigenvalue weighted by Crippen LogP contribution is -2.48. The first-order valence-electron chi connectivity index (χ1n) is 11.5. The van der Waals surface area contributed by atoms with Gasteiger partial charge in [-0.05, 0) is 50.2 Å². The van der Waals surface area contributed by atoms with Crippen molar-refractivity contribution in [1.82, 2.24) is 10.2 Å². The van der Waals surface area contributed by atoms with Crippen LogP contribution in [0.25, 0.3) is 0 Å². The van der Waals surface area contributed by atoms with Crippen LogP contribution < -0.4 is 10.6 Å². The van der Waals surface area contributed by atoms with Gasteiger partial charge in [-0.15, -0.1) is 0 Å². The van der Waals surface area contributed by atoms with Gasteiger partial charge in [-0.1, -0.05) is 44.9 Å². The number of amides is 3. The minimum absolute atomic E-state index is 0.142. The van der Waals surface area contributed by atoms with Gasteiger partial charge in [0.05, 0.1) is 5.92 Å². The van der Waals surface area contributed by atoms with E-state index in [0.29, 0.717) is 37.8 Å². The predicted molar refractivity (Wildman–Crippen MR) is 119 cm³/mol. The molecule has 1 heterocycles. The highest BCUT2D eigenvalue weighted by Crippen LogP contribution is 2.29. The maximum absolute atomic E-state index is 12.6. The van der Waals surface area contributed by atoms with Crippen LogP contribution in [-0.4, -0.2) is 48.0 Å². The lowest BCUT2D eigenvalue weighted by Gasteiger charge is -2.35. The minimum atomic E-state index is -0.809. The summed E-state index contributed by atoms with van der Waals surface area (Å²) in [5.41, 5.74) is 0.746. The van der Waals surface area contributed by atoms with Crippen LogP contribution >= 0.6 is 0 Å². The van der Waals surface area contributed by atoms with Gasteiger partial charge in [-0.3, -0.25) is 9.59 Å². The summed E-state index contributed by atoms with van der Waals surface area (Å²) in [4.78, 5) is 39.2. The molecule has 2 N–H and O–H groups in total. The second-order valence-corrected chi connectivity index (χ2v) is 9.02. The fourth-order valence-electron chi connectivity index (χ4n) is 4.45. The zero-order valence-electron chi connectivity index (χ0n) is 18.8. The molecule has 1 saturated carbocycles. The van der Waals surface area contributed by atoms with E-state index < -0.39 is 6.10 Å². The van der Waals surface area contributed by atoms with E-state index in [9.17, 15) is 14.4 Å². The van der Waals surface area contributed by atoms with Crippen LogP contribution in [-0.2, 0) is 14.3 Å². The molecule has 170 valence electrons. The molecule has 7 heteroatoms. The zero-order valence-corrected chi connectivity index (χ0v) is 18.8. The van der Waals surface area contributed by atoms with E-state index in [1.807, 2.05) is 30.3 Å². The van der Waals surface area contributed by atoms with Crippen molar-refractivity contribution >= 4 is 23.6 Å². The van der Waals surface area contributed by atoms with Crippen LogP contribution in [0.5, 0.6) is 0 Å². The zero-order chi connectivity index (χ0) is 22.4. The molecule has 0 radical (unpaired) electrons. The van der Waals surface area contributed by atoms with Crippen LogP contribution in [0.4, 0.5) is 10.5 Å². The van der Waals surface area contributed by atoms with Gasteiger partial charge in [-0.25, -0.2) is 4.79 Å². The maximum atomic E-state index is 12.6. The highest BCUT2D eigenvalue weighted by atomic mass is 16.5. The van der Waals surface area contributed by atoms with Crippen LogP contribution in [0.15, 0.2) is 30.3 Å². The van der Waals surface area contributed by atoms with Crippen molar-refractivity contribution in [1.29, 1.82) is 0 Å². The highest BCUT2D eigenvalue weighted by molar-refractivity contribution is 5.89. The summed E-state index contributed by atoms with van der Waals surface area (Å²) in [6.45, 7) is 6.99. The Labute approximate surface area is 184 Å². The van der Waals surface area contributed by atoms with Gasteiger partial charge in [-0.2, -0.15) is 0 Å². The van der Waals surface area contributed by atoms with Crippen molar-refractivity contribution in [2.45, 2.75) is 65.0 Å². The molecule has 31 heavy (non-hydrogen) atoms. The topological polar surface area (TPSA) is 87.7 Å². The molecule has 3 rings (SSSR count). The normalized spacial score (nSPS) is 25.4. The number of nitrogens with one attached hydrogen (secondary N) is 2. The summed E-state index contributed by atoms with van der Waals surface area (Å²) in [7, 11) is 0. The first kappa shape index (κ1) is 23.1. The molecule has 0 spiro atoms. The lowest BCUT2D eigenvalue weighted by atomic mass is 9.78. The molecule has 1 saturated heterocycles. The smallest absolute Gasteiger partial charge is 0.321 e. The Morgan fingerprint density at radius 2 is 1.71 bits per heavy atom. The van der Waals surface area contributed by atoms with Gasteiger partial charge in [0.1, 0.15) is 0 Å². The molecule has 2 aliphatic rings.